The van der Waals surface area contributed by atoms with E-state index in [1.807, 2.05) is 0 Å². The average Bonchev–Trinajstić information content (AvgIpc) is 3.33. The van der Waals surface area contributed by atoms with Gasteiger partial charge in [0, 0.05) is 43.2 Å². The highest BCUT2D eigenvalue weighted by molar-refractivity contribution is 7.89. The van der Waals surface area contributed by atoms with Gasteiger partial charge in [-0.2, -0.15) is 4.31 Å². The fourth-order valence-corrected chi connectivity index (χ4v) is 6.90. The zero-order valence-electron chi connectivity index (χ0n) is 24.1. The summed E-state index contributed by atoms with van der Waals surface area (Å²) < 4.78 is 57.0. The summed E-state index contributed by atoms with van der Waals surface area (Å²) >= 11 is 0. The summed E-state index contributed by atoms with van der Waals surface area (Å²) in [6, 6.07) is 15.6. The SMILES string of the molecule is CN(C[C@@H](O)CNC(C)(C)CC1Cc2ccccc2C1)S(=O)(=O)c1ccc(-c2cc(CCC(=O)O)ccc2F)c(F)c1. The third-order valence-electron chi connectivity index (χ3n) is 7.82. The Bertz CT molecular complexity index is 1520. The zero-order valence-corrected chi connectivity index (χ0v) is 24.9. The molecule has 0 unspecified atom stereocenters. The molecule has 0 aromatic heterocycles. The molecule has 42 heavy (non-hydrogen) atoms. The molecule has 3 aromatic carbocycles. The molecular weight excluding hydrogens is 562 g/mol. The van der Waals surface area contributed by atoms with Gasteiger partial charge in [0.2, 0.25) is 10.0 Å². The third kappa shape index (κ3) is 7.80. The molecule has 0 amide bonds. The number of nitrogens with zero attached hydrogens (tertiary/aromatic N) is 1. The highest BCUT2D eigenvalue weighted by Gasteiger charge is 2.30. The van der Waals surface area contributed by atoms with Crippen LogP contribution in [-0.2, 0) is 34.1 Å². The summed E-state index contributed by atoms with van der Waals surface area (Å²) in [6.45, 7) is 4.11. The Morgan fingerprint density at radius 3 is 2.31 bits per heavy atom. The molecule has 1 aliphatic carbocycles. The molecule has 3 N–H and O–H groups in total. The minimum atomic E-state index is -4.15. The third-order valence-corrected chi connectivity index (χ3v) is 9.64. The first-order valence-electron chi connectivity index (χ1n) is 14.0. The van der Waals surface area contributed by atoms with Gasteiger partial charge < -0.3 is 15.5 Å². The number of benzene rings is 3. The molecule has 226 valence electrons. The van der Waals surface area contributed by atoms with Crippen molar-refractivity contribution in [3.63, 3.8) is 0 Å². The quantitative estimate of drug-likeness (QED) is 0.260. The zero-order chi connectivity index (χ0) is 30.7. The molecule has 3 aromatic rings. The number of halogens is 2. The number of hydrogen-bond donors (Lipinski definition) is 3. The van der Waals surface area contributed by atoms with E-state index in [0.29, 0.717) is 11.5 Å². The van der Waals surface area contributed by atoms with Gasteiger partial charge in [-0.15, -0.1) is 0 Å². The van der Waals surface area contributed by atoms with Crippen LogP contribution in [0.3, 0.4) is 0 Å². The number of carbonyl (C=O) groups is 1. The number of nitrogens with one attached hydrogen (secondary N) is 1. The standard InChI is InChI=1S/C32H38F2N2O5S/c1-32(2,18-22-14-23-6-4-5-7-24(23)15-22)35-19-25(37)20-36(3)42(40,41)26-10-11-27(30(34)17-26)28-16-21(8-12-29(28)33)9-13-31(38)39/h4-8,10-12,16-17,22,25,35,37H,9,13-15,18-20H2,1-3H3,(H,38,39)/t25-/m0/s1. The number of fused-ring (bicyclic) bond motifs is 1. The molecular formula is C32H38F2N2O5S. The van der Waals surface area contributed by atoms with E-state index in [2.05, 4.69) is 43.4 Å². The molecule has 10 heteroatoms. The number of aryl methyl sites for hydroxylation is 1. The summed E-state index contributed by atoms with van der Waals surface area (Å²) in [7, 11) is -2.83. The average molecular weight is 601 g/mol. The van der Waals surface area contributed by atoms with Crippen molar-refractivity contribution in [1.29, 1.82) is 0 Å². The second-order valence-electron chi connectivity index (χ2n) is 11.8. The lowest BCUT2D eigenvalue weighted by Crippen LogP contribution is -2.47. The minimum Gasteiger partial charge on any atom is -0.481 e. The largest absolute Gasteiger partial charge is 0.481 e. The molecule has 7 nitrogen and oxygen atoms in total. The predicted molar refractivity (Wildman–Crippen MR) is 158 cm³/mol. The van der Waals surface area contributed by atoms with Gasteiger partial charge in [-0.3, -0.25) is 4.79 Å². The number of β-amino-alcohol motifs (C(OH)–C–C–N with tert-alkyl or cyclic N) is 1. The molecule has 0 aliphatic heterocycles. The van der Waals surface area contributed by atoms with E-state index in [9.17, 15) is 22.7 Å². The Morgan fingerprint density at radius 2 is 1.69 bits per heavy atom. The van der Waals surface area contributed by atoms with Gasteiger partial charge in [-0.1, -0.05) is 30.3 Å². The van der Waals surface area contributed by atoms with E-state index in [4.69, 9.17) is 5.11 Å². The van der Waals surface area contributed by atoms with Crippen molar-refractivity contribution in [1.82, 2.24) is 9.62 Å². The van der Waals surface area contributed by atoms with E-state index < -0.39 is 33.7 Å². The number of carboxylic acid groups (broad SMARTS) is 1. The number of rotatable bonds is 13. The monoisotopic (exact) mass is 600 g/mol. The van der Waals surface area contributed by atoms with Crippen LogP contribution in [0, 0.1) is 17.6 Å². The van der Waals surface area contributed by atoms with Crippen molar-refractivity contribution in [3.8, 4) is 11.1 Å². The van der Waals surface area contributed by atoms with Crippen LogP contribution in [0.1, 0.15) is 43.4 Å². The molecule has 0 saturated carbocycles. The van der Waals surface area contributed by atoms with Gasteiger partial charge in [0.05, 0.1) is 11.0 Å². The molecule has 0 saturated heterocycles. The van der Waals surface area contributed by atoms with Crippen LogP contribution in [0.2, 0.25) is 0 Å². The van der Waals surface area contributed by atoms with Gasteiger partial charge >= 0.3 is 5.97 Å². The summed E-state index contributed by atoms with van der Waals surface area (Å²) in [4.78, 5) is 10.5. The molecule has 0 fully saturated rings. The molecule has 0 heterocycles. The van der Waals surface area contributed by atoms with Gasteiger partial charge in [0.1, 0.15) is 11.6 Å². The summed E-state index contributed by atoms with van der Waals surface area (Å²) in [5.74, 6) is -2.16. The van der Waals surface area contributed by atoms with Crippen LogP contribution in [0.4, 0.5) is 8.78 Å². The summed E-state index contributed by atoms with van der Waals surface area (Å²) in [5, 5.41) is 22.9. The summed E-state index contributed by atoms with van der Waals surface area (Å²) in [6.07, 6.45) is 1.91. The van der Waals surface area contributed by atoms with Gasteiger partial charge in [-0.25, -0.2) is 17.2 Å². The highest BCUT2D eigenvalue weighted by Crippen LogP contribution is 2.32. The Morgan fingerprint density at radius 1 is 1.02 bits per heavy atom. The van der Waals surface area contributed by atoms with Crippen LogP contribution < -0.4 is 5.32 Å². The van der Waals surface area contributed by atoms with Gasteiger partial charge in [0.25, 0.3) is 0 Å². The number of aliphatic hydroxyl groups excluding tert-OH is 1. The second-order valence-corrected chi connectivity index (χ2v) is 13.8. The van der Waals surface area contributed by atoms with E-state index in [1.165, 1.54) is 42.4 Å². The Balaban J connectivity index is 1.36. The Hall–Kier alpha value is -3.18. The fourth-order valence-electron chi connectivity index (χ4n) is 5.68. The normalized spacial score (nSPS) is 14.7. The maximum absolute atomic E-state index is 15.1. The molecule has 0 bridgehead atoms. The first kappa shape index (κ1) is 31.7. The summed E-state index contributed by atoms with van der Waals surface area (Å²) in [5.41, 5.74) is 2.78. The lowest BCUT2D eigenvalue weighted by Gasteiger charge is -2.31. The molecule has 0 radical (unpaired) electrons. The van der Waals surface area contributed by atoms with Gasteiger partial charge in [-0.05, 0) is 92.5 Å². The van der Waals surface area contributed by atoms with Crippen LogP contribution in [0.25, 0.3) is 11.1 Å². The van der Waals surface area contributed by atoms with Crippen LogP contribution >= 0.6 is 0 Å². The van der Waals surface area contributed by atoms with Crippen molar-refractivity contribution in [3.05, 3.63) is 89.0 Å². The van der Waals surface area contributed by atoms with Crippen LogP contribution in [-0.4, -0.2) is 60.7 Å². The van der Waals surface area contributed by atoms with E-state index in [0.717, 1.165) is 35.7 Å². The van der Waals surface area contributed by atoms with Crippen LogP contribution in [0.15, 0.2) is 65.6 Å². The number of aliphatic hydroxyl groups is 1. The van der Waals surface area contributed by atoms with Crippen molar-refractivity contribution in [2.24, 2.45) is 5.92 Å². The van der Waals surface area contributed by atoms with Crippen molar-refractivity contribution in [2.75, 3.05) is 20.1 Å². The number of likely N-dealkylation sites (N-methyl/N-ethyl adjacent to an activating group) is 1. The smallest absolute Gasteiger partial charge is 0.303 e. The first-order chi connectivity index (χ1) is 19.7. The number of sulfonamides is 1. The first-order valence-corrected chi connectivity index (χ1v) is 15.5. The number of aliphatic carboxylic acids is 1. The number of hydrogen-bond acceptors (Lipinski definition) is 5. The molecule has 1 aliphatic rings. The minimum absolute atomic E-state index is 0.0849. The topological polar surface area (TPSA) is 107 Å². The Kier molecular flexibility index (Phi) is 9.82. The second kappa shape index (κ2) is 13.0. The number of carboxylic acids is 1. The van der Waals surface area contributed by atoms with Crippen LogP contribution in [0.5, 0.6) is 0 Å². The lowest BCUT2D eigenvalue weighted by molar-refractivity contribution is -0.136. The maximum Gasteiger partial charge on any atom is 0.303 e. The van der Waals surface area contributed by atoms with Gasteiger partial charge in [0.15, 0.2) is 0 Å². The fraction of sp³-hybridized carbons (Fsp3) is 0.406. The molecule has 4 rings (SSSR count). The van der Waals surface area contributed by atoms with Crippen molar-refractivity contribution in [2.45, 2.75) is 62.5 Å². The van der Waals surface area contributed by atoms with Crippen molar-refractivity contribution >= 4 is 16.0 Å². The predicted octanol–water partition coefficient (Wildman–Crippen LogP) is 4.80. The molecule has 1 atom stereocenters. The van der Waals surface area contributed by atoms with E-state index in [-0.39, 0.29) is 47.5 Å². The Labute approximate surface area is 246 Å². The van der Waals surface area contributed by atoms with E-state index >= 15 is 4.39 Å². The lowest BCUT2D eigenvalue weighted by atomic mass is 9.88. The maximum atomic E-state index is 15.1. The highest BCUT2D eigenvalue weighted by atomic mass is 32.2. The molecule has 0 spiro atoms. The van der Waals surface area contributed by atoms with Crippen molar-refractivity contribution < 1.29 is 32.2 Å². The van der Waals surface area contributed by atoms with E-state index in [1.54, 1.807) is 0 Å².